The number of fused-ring (bicyclic) bond motifs is 5. The van der Waals surface area contributed by atoms with Crippen molar-refractivity contribution in [3.05, 3.63) is 145 Å². The summed E-state index contributed by atoms with van der Waals surface area (Å²) < 4.78 is 67.0. The van der Waals surface area contributed by atoms with Gasteiger partial charge in [-0.2, -0.15) is 0 Å². The van der Waals surface area contributed by atoms with E-state index in [-0.39, 0.29) is 57.7 Å². The molecule has 0 amide bonds. The van der Waals surface area contributed by atoms with Gasteiger partial charge in [-0.15, -0.1) is 0 Å². The molecule has 182 valence electrons. The summed E-state index contributed by atoms with van der Waals surface area (Å²) >= 11 is 0. The molecule has 1 nitrogen and oxygen atoms in total. The average Bonchev–Trinajstić information content (AvgIpc) is 3.50. The Kier molecular flexibility index (Phi) is 3.57. The largest absolute Gasteiger partial charge is 0.456 e. The van der Waals surface area contributed by atoms with E-state index in [9.17, 15) is 2.74 Å². The van der Waals surface area contributed by atoms with E-state index in [0.29, 0.717) is 5.56 Å². The summed E-state index contributed by atoms with van der Waals surface area (Å²) in [7, 11) is 0. The van der Waals surface area contributed by atoms with E-state index in [0.717, 1.165) is 43.8 Å². The zero-order valence-electron chi connectivity index (χ0n) is 27.7. The van der Waals surface area contributed by atoms with Crippen molar-refractivity contribution in [1.29, 1.82) is 0 Å². The fourth-order valence-corrected chi connectivity index (χ4v) is 5.69. The highest BCUT2D eigenvalue weighted by atomic mass is 16.3. The van der Waals surface area contributed by atoms with E-state index in [2.05, 4.69) is 24.3 Å². The lowest BCUT2D eigenvalue weighted by atomic mass is 9.83. The van der Waals surface area contributed by atoms with E-state index >= 15 is 0 Å². The maximum absolute atomic E-state index is 9.50. The first-order valence-electron chi connectivity index (χ1n) is 16.3. The maximum Gasteiger partial charge on any atom is 0.135 e. The molecule has 1 heteroatoms. The smallest absolute Gasteiger partial charge is 0.135 e. The molecule has 0 saturated carbocycles. The minimum Gasteiger partial charge on any atom is -0.456 e. The lowest BCUT2D eigenvalue weighted by molar-refractivity contribution is 0.669. The van der Waals surface area contributed by atoms with Crippen LogP contribution >= 0.6 is 0 Å². The molecule has 1 heterocycles. The molecule has 0 radical (unpaired) electrons. The summed E-state index contributed by atoms with van der Waals surface area (Å²) in [6, 6.07) is 32.1. The number of rotatable bonds is 3. The van der Waals surface area contributed by atoms with Crippen molar-refractivity contribution in [2.45, 2.75) is 0 Å². The summed E-state index contributed by atoms with van der Waals surface area (Å²) in [5.74, 6) is 0. The predicted octanol–water partition coefficient (Wildman–Crippen LogP) is 10.9. The topological polar surface area (TPSA) is 13.1 Å². The molecule has 0 fully saturated rings. The SMILES string of the molecule is [2H]c1c([2H])c([2H])c2c(oc3c([2H])c([2H])c(-c4c5ccccc5c(-c5ccccc5-c5ccccc5)c5ccccc45)c([2H])c32)c1[2H]. The van der Waals surface area contributed by atoms with Crippen LogP contribution in [0.3, 0.4) is 0 Å². The van der Waals surface area contributed by atoms with Crippen LogP contribution in [0.1, 0.15) is 9.60 Å². The van der Waals surface area contributed by atoms with E-state index < -0.39 is 12.1 Å². The zero-order chi connectivity index (χ0) is 31.9. The molecule has 7 aromatic carbocycles. The Morgan fingerprint density at radius 3 is 1.69 bits per heavy atom. The summed E-state index contributed by atoms with van der Waals surface area (Å²) in [4.78, 5) is 0. The first-order valence-corrected chi connectivity index (χ1v) is 12.8. The normalized spacial score (nSPS) is 14.1. The highest BCUT2D eigenvalue weighted by molar-refractivity contribution is 6.23. The average molecular weight is 504 g/mol. The van der Waals surface area contributed by atoms with Gasteiger partial charge in [0.25, 0.3) is 0 Å². The summed E-state index contributed by atoms with van der Waals surface area (Å²) in [5, 5.41) is 3.59. The van der Waals surface area contributed by atoms with Crippen LogP contribution in [-0.2, 0) is 0 Å². The van der Waals surface area contributed by atoms with Gasteiger partial charge in [-0.05, 0) is 73.1 Å². The Labute approximate surface area is 236 Å². The third kappa shape index (κ3) is 3.41. The van der Waals surface area contributed by atoms with Gasteiger partial charge in [0.2, 0.25) is 0 Å². The summed E-state index contributed by atoms with van der Waals surface area (Å²) in [6.07, 6.45) is 0. The molecule has 39 heavy (non-hydrogen) atoms. The predicted molar refractivity (Wildman–Crippen MR) is 165 cm³/mol. The van der Waals surface area contributed by atoms with Crippen molar-refractivity contribution < 1.29 is 14.0 Å². The number of para-hydroxylation sites is 1. The second-order valence-electron chi connectivity index (χ2n) is 9.51. The number of hydrogen-bond acceptors (Lipinski definition) is 1. The van der Waals surface area contributed by atoms with Gasteiger partial charge in [0, 0.05) is 10.8 Å². The molecule has 0 atom stereocenters. The standard InChI is InChI=1S/C38H24O/c1-2-12-25(13-3-1)27-14-4-5-16-29(27)38-32-19-8-6-17-30(32)37(31-18-7-9-20-33(31)38)26-22-23-36-34(24-26)28-15-10-11-21-35(28)39-36/h1-24H/i10D,11D,15D,21D,22D,23D,24D. The molecular weight excluding hydrogens is 472 g/mol. The summed E-state index contributed by atoms with van der Waals surface area (Å²) in [6.45, 7) is 0. The van der Waals surface area contributed by atoms with Gasteiger partial charge < -0.3 is 4.42 Å². The van der Waals surface area contributed by atoms with Crippen LogP contribution < -0.4 is 0 Å². The molecule has 8 rings (SSSR count). The van der Waals surface area contributed by atoms with Gasteiger partial charge in [-0.1, -0.05) is 127 Å². The van der Waals surface area contributed by atoms with Crippen LogP contribution in [0.15, 0.2) is 150 Å². The highest BCUT2D eigenvalue weighted by Gasteiger charge is 2.19. The molecule has 8 aromatic rings. The van der Waals surface area contributed by atoms with E-state index in [4.69, 9.17) is 11.3 Å². The van der Waals surface area contributed by atoms with Crippen molar-refractivity contribution in [3.63, 3.8) is 0 Å². The molecular formula is C38H24O. The second-order valence-corrected chi connectivity index (χ2v) is 9.51. The molecule has 0 saturated heterocycles. The van der Waals surface area contributed by atoms with Crippen LogP contribution in [-0.4, -0.2) is 0 Å². The van der Waals surface area contributed by atoms with E-state index in [1.165, 1.54) is 0 Å². The first kappa shape index (κ1) is 16.0. The zero-order valence-corrected chi connectivity index (χ0v) is 20.7. The Hall–Kier alpha value is -5.14. The molecule has 0 aliphatic rings. The molecule has 0 aliphatic carbocycles. The van der Waals surface area contributed by atoms with Crippen molar-refractivity contribution in [3.8, 4) is 33.4 Å². The molecule has 0 bridgehead atoms. The fraction of sp³-hybridized carbons (Fsp3) is 0. The number of hydrogen-bond donors (Lipinski definition) is 0. The van der Waals surface area contributed by atoms with E-state index in [1.54, 1.807) is 0 Å². The minimum atomic E-state index is -0.454. The van der Waals surface area contributed by atoms with Gasteiger partial charge in [0.05, 0.1) is 9.60 Å². The molecule has 0 unspecified atom stereocenters. The van der Waals surface area contributed by atoms with Gasteiger partial charge >= 0.3 is 0 Å². The Morgan fingerprint density at radius 1 is 0.410 bits per heavy atom. The second kappa shape index (κ2) is 8.72. The van der Waals surface area contributed by atoms with Gasteiger partial charge in [0.15, 0.2) is 0 Å². The van der Waals surface area contributed by atoms with Crippen molar-refractivity contribution >= 4 is 43.5 Å². The molecule has 0 N–H and O–H groups in total. The van der Waals surface area contributed by atoms with Crippen LogP contribution in [0.2, 0.25) is 0 Å². The van der Waals surface area contributed by atoms with Crippen LogP contribution in [0.25, 0.3) is 76.9 Å². The Balaban J connectivity index is 1.55. The van der Waals surface area contributed by atoms with E-state index in [1.807, 2.05) is 78.9 Å². The fourth-order valence-electron chi connectivity index (χ4n) is 5.69. The summed E-state index contributed by atoms with van der Waals surface area (Å²) in [5.41, 5.74) is 4.82. The molecule has 0 aliphatic heterocycles. The third-order valence-electron chi connectivity index (χ3n) is 7.35. The Bertz CT molecular complexity index is 2500. The third-order valence-corrected chi connectivity index (χ3v) is 7.35. The van der Waals surface area contributed by atoms with Crippen molar-refractivity contribution in [2.75, 3.05) is 0 Å². The Morgan fingerprint density at radius 2 is 0.974 bits per heavy atom. The maximum atomic E-state index is 9.50. The number of furan rings is 1. The lowest BCUT2D eigenvalue weighted by Crippen LogP contribution is -1.92. The minimum absolute atomic E-state index is 0.0442. The van der Waals surface area contributed by atoms with Crippen LogP contribution in [0.4, 0.5) is 0 Å². The van der Waals surface area contributed by atoms with Crippen LogP contribution in [0, 0.1) is 0 Å². The highest BCUT2D eigenvalue weighted by Crippen LogP contribution is 2.46. The number of benzene rings is 7. The van der Waals surface area contributed by atoms with Gasteiger partial charge in [0.1, 0.15) is 11.2 Å². The van der Waals surface area contributed by atoms with Crippen LogP contribution in [0.5, 0.6) is 0 Å². The molecule has 1 aromatic heterocycles. The quantitative estimate of drug-likeness (QED) is 0.219. The van der Waals surface area contributed by atoms with Gasteiger partial charge in [-0.25, -0.2) is 0 Å². The first-order chi connectivity index (χ1) is 22.3. The van der Waals surface area contributed by atoms with Crippen molar-refractivity contribution in [2.24, 2.45) is 0 Å². The lowest BCUT2D eigenvalue weighted by Gasteiger charge is -2.19. The van der Waals surface area contributed by atoms with Crippen molar-refractivity contribution in [1.82, 2.24) is 0 Å². The molecule has 0 spiro atoms. The monoisotopic (exact) mass is 503 g/mol. The van der Waals surface area contributed by atoms with Gasteiger partial charge in [-0.3, -0.25) is 0 Å².